The van der Waals surface area contributed by atoms with Crippen LogP contribution in [0, 0.1) is 11.6 Å². The summed E-state index contributed by atoms with van der Waals surface area (Å²) in [6.07, 6.45) is 0.241. The highest BCUT2D eigenvalue weighted by Crippen LogP contribution is 2.26. The maximum absolute atomic E-state index is 12.8. The topological polar surface area (TPSA) is 26.3 Å². The molecule has 0 bridgehead atoms. The van der Waals surface area contributed by atoms with E-state index in [-0.39, 0.29) is 24.9 Å². The predicted octanol–water partition coefficient (Wildman–Crippen LogP) is 2.00. The third-order valence-corrected chi connectivity index (χ3v) is 2.27. The maximum atomic E-state index is 12.8. The van der Waals surface area contributed by atoms with Gasteiger partial charge in [-0.05, 0) is 17.7 Å². The van der Waals surface area contributed by atoms with Gasteiger partial charge in [-0.15, -0.1) is 0 Å². The second-order valence-electron chi connectivity index (χ2n) is 3.26. The van der Waals surface area contributed by atoms with Gasteiger partial charge in [0.05, 0.1) is 13.0 Å². The highest BCUT2D eigenvalue weighted by Gasteiger charge is 2.25. The molecule has 1 heterocycles. The van der Waals surface area contributed by atoms with Gasteiger partial charge in [-0.3, -0.25) is 4.79 Å². The molecule has 1 aliphatic rings. The summed E-state index contributed by atoms with van der Waals surface area (Å²) in [7, 11) is 0. The van der Waals surface area contributed by atoms with Crippen LogP contribution in [0.1, 0.15) is 17.9 Å². The number of halogens is 2. The molecule has 0 radical (unpaired) electrons. The Morgan fingerprint density at radius 2 is 2.07 bits per heavy atom. The van der Waals surface area contributed by atoms with Crippen LogP contribution >= 0.6 is 0 Å². The van der Waals surface area contributed by atoms with Gasteiger partial charge in [-0.2, -0.15) is 0 Å². The molecule has 1 aromatic carbocycles. The van der Waals surface area contributed by atoms with E-state index in [0.29, 0.717) is 5.56 Å². The van der Waals surface area contributed by atoms with Crippen molar-refractivity contribution < 1.29 is 18.3 Å². The molecule has 1 atom stereocenters. The number of hydrogen-bond acceptors (Lipinski definition) is 2. The third kappa shape index (κ3) is 1.60. The Balaban J connectivity index is 2.24. The van der Waals surface area contributed by atoms with Gasteiger partial charge in [0.25, 0.3) is 0 Å². The van der Waals surface area contributed by atoms with E-state index in [1.165, 1.54) is 6.07 Å². The number of ether oxygens (including phenoxy) is 1. The van der Waals surface area contributed by atoms with E-state index in [2.05, 4.69) is 0 Å². The number of carbonyl (C=O) groups is 1. The minimum absolute atomic E-state index is 0.141. The van der Waals surface area contributed by atoms with Crippen LogP contribution in [-0.2, 0) is 9.53 Å². The molecule has 1 aliphatic heterocycles. The van der Waals surface area contributed by atoms with Crippen LogP contribution in [0.2, 0.25) is 0 Å². The molecule has 4 heteroatoms. The lowest BCUT2D eigenvalue weighted by atomic mass is 9.98. The van der Waals surface area contributed by atoms with Crippen molar-refractivity contribution in [3.8, 4) is 0 Å². The summed E-state index contributed by atoms with van der Waals surface area (Å²) < 4.78 is 30.2. The van der Waals surface area contributed by atoms with Crippen LogP contribution in [-0.4, -0.2) is 12.6 Å². The molecule has 0 saturated carbocycles. The lowest BCUT2D eigenvalue weighted by molar-refractivity contribution is -0.137. The third-order valence-electron chi connectivity index (χ3n) is 2.27. The summed E-state index contributed by atoms with van der Waals surface area (Å²) in [6.45, 7) is 0.254. The van der Waals surface area contributed by atoms with Crippen molar-refractivity contribution in [1.29, 1.82) is 0 Å². The number of carbonyl (C=O) groups excluding carboxylic acids is 1. The lowest BCUT2D eigenvalue weighted by Gasteiger charge is -2.06. The Bertz CT molecular complexity index is 376. The molecule has 1 aromatic rings. The van der Waals surface area contributed by atoms with Crippen molar-refractivity contribution in [3.05, 3.63) is 35.4 Å². The molecule has 14 heavy (non-hydrogen) atoms. The highest BCUT2D eigenvalue weighted by atomic mass is 19.2. The van der Waals surface area contributed by atoms with Crippen molar-refractivity contribution in [2.45, 2.75) is 12.3 Å². The quantitative estimate of drug-likeness (QED) is 0.645. The van der Waals surface area contributed by atoms with E-state index in [1.54, 1.807) is 0 Å². The first kappa shape index (κ1) is 9.12. The van der Waals surface area contributed by atoms with Gasteiger partial charge < -0.3 is 4.74 Å². The predicted molar refractivity (Wildman–Crippen MR) is 44.7 cm³/mol. The number of cyclic esters (lactones) is 1. The largest absolute Gasteiger partial charge is 0.465 e. The van der Waals surface area contributed by atoms with Gasteiger partial charge in [0, 0.05) is 5.92 Å². The number of esters is 1. The highest BCUT2D eigenvalue weighted by molar-refractivity contribution is 5.72. The Morgan fingerprint density at radius 3 is 2.64 bits per heavy atom. The van der Waals surface area contributed by atoms with Crippen LogP contribution in [0.15, 0.2) is 18.2 Å². The molecule has 1 saturated heterocycles. The summed E-state index contributed by atoms with van der Waals surface area (Å²) >= 11 is 0. The van der Waals surface area contributed by atoms with Crippen molar-refractivity contribution >= 4 is 5.97 Å². The molecule has 74 valence electrons. The zero-order valence-electron chi connectivity index (χ0n) is 7.30. The van der Waals surface area contributed by atoms with E-state index in [9.17, 15) is 13.6 Å². The normalized spacial score (nSPS) is 21.0. The summed E-state index contributed by atoms with van der Waals surface area (Å²) in [5.74, 6) is -2.20. The maximum Gasteiger partial charge on any atom is 0.306 e. The van der Waals surface area contributed by atoms with Gasteiger partial charge in [0.2, 0.25) is 0 Å². The van der Waals surface area contributed by atoms with E-state index in [0.717, 1.165) is 12.1 Å². The first-order valence-corrected chi connectivity index (χ1v) is 4.27. The summed E-state index contributed by atoms with van der Waals surface area (Å²) in [5.41, 5.74) is 0.606. The first-order valence-electron chi connectivity index (χ1n) is 4.27. The average molecular weight is 198 g/mol. The molecule has 2 rings (SSSR count). The Morgan fingerprint density at radius 1 is 1.29 bits per heavy atom. The van der Waals surface area contributed by atoms with E-state index < -0.39 is 11.6 Å². The van der Waals surface area contributed by atoms with Gasteiger partial charge in [0.15, 0.2) is 11.6 Å². The van der Waals surface area contributed by atoms with Gasteiger partial charge in [0.1, 0.15) is 0 Å². The standard InChI is InChI=1S/C10H8F2O2/c11-8-2-1-6(3-9(8)12)7-4-10(13)14-5-7/h1-3,7H,4-5H2/t7-/m0/s1. The molecule has 0 amide bonds. The van der Waals surface area contributed by atoms with Crippen LogP contribution in [0.5, 0.6) is 0 Å². The summed E-state index contributed by atoms with van der Waals surface area (Å²) in [4.78, 5) is 10.8. The first-order chi connectivity index (χ1) is 6.66. The Hall–Kier alpha value is -1.45. The molecule has 0 unspecified atom stereocenters. The fourth-order valence-electron chi connectivity index (χ4n) is 1.49. The molecule has 0 aromatic heterocycles. The monoisotopic (exact) mass is 198 g/mol. The summed E-state index contributed by atoms with van der Waals surface area (Å²) in [5, 5.41) is 0. The number of rotatable bonds is 1. The molecule has 2 nitrogen and oxygen atoms in total. The molecule has 0 N–H and O–H groups in total. The fourth-order valence-corrected chi connectivity index (χ4v) is 1.49. The van der Waals surface area contributed by atoms with E-state index >= 15 is 0 Å². The molecular weight excluding hydrogens is 190 g/mol. The lowest BCUT2D eigenvalue weighted by Crippen LogP contribution is -1.99. The van der Waals surface area contributed by atoms with Crippen LogP contribution in [0.3, 0.4) is 0 Å². The van der Waals surface area contributed by atoms with Crippen molar-refractivity contribution in [2.75, 3.05) is 6.61 Å². The smallest absolute Gasteiger partial charge is 0.306 e. The fraction of sp³-hybridized carbons (Fsp3) is 0.300. The second-order valence-corrected chi connectivity index (χ2v) is 3.26. The zero-order chi connectivity index (χ0) is 10.1. The van der Waals surface area contributed by atoms with Crippen molar-refractivity contribution in [1.82, 2.24) is 0 Å². The number of hydrogen-bond donors (Lipinski definition) is 0. The molecular formula is C10H8F2O2. The van der Waals surface area contributed by atoms with E-state index in [1.807, 2.05) is 0 Å². The van der Waals surface area contributed by atoms with Crippen molar-refractivity contribution in [3.63, 3.8) is 0 Å². The summed E-state index contributed by atoms with van der Waals surface area (Å²) in [6, 6.07) is 3.65. The van der Waals surface area contributed by atoms with Gasteiger partial charge >= 0.3 is 5.97 Å². The SMILES string of the molecule is O=C1C[C@H](c2ccc(F)c(F)c2)CO1. The van der Waals surface area contributed by atoms with Crippen LogP contribution in [0.4, 0.5) is 8.78 Å². The van der Waals surface area contributed by atoms with E-state index in [4.69, 9.17) is 4.74 Å². The van der Waals surface area contributed by atoms with Gasteiger partial charge in [-0.1, -0.05) is 6.07 Å². The minimum atomic E-state index is -0.887. The average Bonchev–Trinajstić information content (AvgIpc) is 2.57. The Kier molecular flexibility index (Phi) is 2.19. The van der Waals surface area contributed by atoms with Crippen LogP contribution < -0.4 is 0 Å². The zero-order valence-corrected chi connectivity index (χ0v) is 7.30. The Labute approximate surface area is 79.5 Å². The van der Waals surface area contributed by atoms with Crippen LogP contribution in [0.25, 0.3) is 0 Å². The molecule has 0 aliphatic carbocycles. The van der Waals surface area contributed by atoms with Gasteiger partial charge in [-0.25, -0.2) is 8.78 Å². The van der Waals surface area contributed by atoms with Crippen molar-refractivity contribution in [2.24, 2.45) is 0 Å². The second kappa shape index (κ2) is 3.36. The minimum Gasteiger partial charge on any atom is -0.465 e. The molecule has 0 spiro atoms. The number of benzene rings is 1. The molecule has 1 fully saturated rings.